The maximum atomic E-state index is 13.5. The molecule has 0 N–H and O–H groups in total. The molecule has 0 bridgehead atoms. The van der Waals surface area contributed by atoms with Crippen LogP contribution >= 0.6 is 0 Å². The Hall–Kier alpha value is -1.58. The molecule has 186 valence electrons. The van der Waals surface area contributed by atoms with Gasteiger partial charge in [-0.15, -0.1) is 0 Å². The van der Waals surface area contributed by atoms with E-state index in [1.54, 1.807) is 0 Å². The van der Waals surface area contributed by atoms with Gasteiger partial charge in [-0.1, -0.05) is 6.92 Å². The van der Waals surface area contributed by atoms with Crippen LogP contribution in [0.5, 0.6) is 0 Å². The molecule has 1 unspecified atom stereocenters. The summed E-state index contributed by atoms with van der Waals surface area (Å²) in [5, 5.41) is 0. The highest BCUT2D eigenvalue weighted by atomic mass is 19.4. The zero-order valence-corrected chi connectivity index (χ0v) is 15.2. The van der Waals surface area contributed by atoms with Crippen molar-refractivity contribution in [2.45, 2.75) is 74.3 Å². The van der Waals surface area contributed by atoms with Gasteiger partial charge in [-0.05, 0) is 13.3 Å². The topological polar surface area (TPSA) is 26.3 Å². The van der Waals surface area contributed by atoms with E-state index in [-0.39, 0.29) is 0 Å². The summed E-state index contributed by atoms with van der Waals surface area (Å²) in [7, 11) is 0. The van der Waals surface area contributed by atoms with Gasteiger partial charge in [0.1, 0.15) is 0 Å². The summed E-state index contributed by atoms with van der Waals surface area (Å²) < 4.78 is 199. The van der Waals surface area contributed by atoms with Gasteiger partial charge in [0, 0.05) is 0 Å². The van der Waals surface area contributed by atoms with Gasteiger partial charge in [0.25, 0.3) is 0 Å². The summed E-state index contributed by atoms with van der Waals surface area (Å²) >= 11 is 0. The molecule has 0 spiro atoms. The molecule has 0 saturated carbocycles. The SMILES string of the molecule is CCC(C)(F)C(=O)OCC(F)(F)C(F)(F)CC(F)(F)C(F)(F)C(F)(F)C(F)(F)C(F)F. The first-order chi connectivity index (χ1) is 13.3. The predicted octanol–water partition coefficient (Wildman–Crippen LogP) is 6.13. The van der Waals surface area contributed by atoms with Crippen LogP contribution < -0.4 is 0 Å². The lowest BCUT2D eigenvalue weighted by Crippen LogP contribution is -2.65. The van der Waals surface area contributed by atoms with Crippen molar-refractivity contribution in [3.63, 3.8) is 0 Å². The van der Waals surface area contributed by atoms with Crippen LogP contribution in [0, 0.1) is 0 Å². The van der Waals surface area contributed by atoms with Crippen molar-refractivity contribution in [3.8, 4) is 0 Å². The maximum absolute atomic E-state index is 13.5. The molecule has 0 fully saturated rings. The van der Waals surface area contributed by atoms with E-state index in [1.807, 2.05) is 0 Å². The Morgan fingerprint density at radius 2 is 1.16 bits per heavy atom. The lowest BCUT2D eigenvalue weighted by atomic mass is 9.92. The predicted molar refractivity (Wildman–Crippen MR) is 71.1 cm³/mol. The second-order valence-corrected chi connectivity index (χ2v) is 6.49. The molecular weight excluding hydrogens is 485 g/mol. The molecule has 0 aromatic carbocycles. The molecule has 0 rings (SSSR count). The van der Waals surface area contributed by atoms with Gasteiger partial charge in [-0.3, -0.25) is 0 Å². The van der Waals surface area contributed by atoms with E-state index in [1.165, 1.54) is 0 Å². The minimum absolute atomic E-state index is 0.436. The molecular formula is C14H13F15O2. The molecule has 1 atom stereocenters. The Bertz CT molecular complexity index is 642. The molecule has 0 aromatic heterocycles. The fourth-order valence-electron chi connectivity index (χ4n) is 1.65. The molecule has 0 aliphatic carbocycles. The third kappa shape index (κ3) is 5.26. The Morgan fingerprint density at radius 3 is 1.52 bits per heavy atom. The van der Waals surface area contributed by atoms with Gasteiger partial charge in [-0.25, -0.2) is 18.0 Å². The van der Waals surface area contributed by atoms with E-state index < -0.39 is 73.0 Å². The zero-order chi connectivity index (χ0) is 25.5. The van der Waals surface area contributed by atoms with E-state index in [9.17, 15) is 70.7 Å². The fraction of sp³-hybridized carbons (Fsp3) is 0.929. The number of hydrogen-bond donors (Lipinski definition) is 0. The third-order valence-corrected chi connectivity index (χ3v) is 4.00. The maximum Gasteiger partial charge on any atom is 0.384 e. The average molecular weight is 498 g/mol. The number of carbonyl (C=O) groups excluding carboxylic acids is 1. The Labute approximate surface area is 163 Å². The van der Waals surface area contributed by atoms with Gasteiger partial charge >= 0.3 is 47.9 Å². The van der Waals surface area contributed by atoms with E-state index in [2.05, 4.69) is 4.74 Å². The highest BCUT2D eigenvalue weighted by Gasteiger charge is 2.84. The first kappa shape index (κ1) is 29.4. The summed E-state index contributed by atoms with van der Waals surface area (Å²) in [4.78, 5) is 11.1. The minimum Gasteiger partial charge on any atom is -0.457 e. The van der Waals surface area contributed by atoms with Crippen LogP contribution in [0.25, 0.3) is 0 Å². The summed E-state index contributed by atoms with van der Waals surface area (Å²) in [6.07, 6.45) is -10.7. The van der Waals surface area contributed by atoms with Crippen molar-refractivity contribution in [2.24, 2.45) is 0 Å². The number of halogens is 15. The number of alkyl halides is 15. The molecule has 0 heterocycles. The summed E-state index contributed by atoms with van der Waals surface area (Å²) in [6.45, 7) is -1.50. The average Bonchev–Trinajstić information content (AvgIpc) is 2.57. The Morgan fingerprint density at radius 1 is 0.742 bits per heavy atom. The van der Waals surface area contributed by atoms with Gasteiger partial charge in [0.05, 0.1) is 6.42 Å². The second-order valence-electron chi connectivity index (χ2n) is 6.49. The van der Waals surface area contributed by atoms with Crippen molar-refractivity contribution in [1.29, 1.82) is 0 Å². The number of hydrogen-bond acceptors (Lipinski definition) is 2. The van der Waals surface area contributed by atoms with Gasteiger partial charge in [0.15, 0.2) is 6.61 Å². The van der Waals surface area contributed by atoms with E-state index in [0.717, 1.165) is 6.92 Å². The Balaban J connectivity index is 5.83. The van der Waals surface area contributed by atoms with Gasteiger partial charge < -0.3 is 4.74 Å². The Kier molecular flexibility index (Phi) is 7.98. The van der Waals surface area contributed by atoms with E-state index in [0.29, 0.717) is 6.92 Å². The van der Waals surface area contributed by atoms with Crippen LogP contribution in [-0.2, 0) is 9.53 Å². The van der Waals surface area contributed by atoms with Crippen LogP contribution in [0.15, 0.2) is 0 Å². The molecule has 31 heavy (non-hydrogen) atoms. The van der Waals surface area contributed by atoms with Crippen LogP contribution in [-0.4, -0.2) is 60.2 Å². The largest absolute Gasteiger partial charge is 0.457 e. The normalized spacial score (nSPS) is 17.0. The van der Waals surface area contributed by atoms with Crippen LogP contribution in [0.3, 0.4) is 0 Å². The quantitative estimate of drug-likeness (QED) is 0.253. The third-order valence-electron chi connectivity index (χ3n) is 4.00. The molecule has 0 amide bonds. The van der Waals surface area contributed by atoms with Crippen molar-refractivity contribution in [2.75, 3.05) is 6.61 Å². The molecule has 0 radical (unpaired) electrons. The van der Waals surface area contributed by atoms with E-state index in [4.69, 9.17) is 0 Å². The number of rotatable bonds is 11. The van der Waals surface area contributed by atoms with Crippen LogP contribution in [0.2, 0.25) is 0 Å². The summed E-state index contributed by atoms with van der Waals surface area (Å²) in [5.41, 5.74) is -3.02. The smallest absolute Gasteiger partial charge is 0.384 e. The van der Waals surface area contributed by atoms with Crippen molar-refractivity contribution in [1.82, 2.24) is 0 Å². The standard InChI is InChI=1S/C14H13F15O2/c1-3-8(2,17)7(30)31-5-11(22,23)9(18,19)4-10(20,21)13(26,27)14(28,29)12(24,25)6(15)16/h6H,3-5H2,1-2H3. The highest BCUT2D eigenvalue weighted by molar-refractivity contribution is 5.78. The van der Waals surface area contributed by atoms with E-state index >= 15 is 0 Å². The second kappa shape index (κ2) is 8.41. The molecule has 2 nitrogen and oxygen atoms in total. The lowest BCUT2D eigenvalue weighted by molar-refractivity contribution is -0.393. The van der Waals surface area contributed by atoms with Gasteiger partial charge in [0.2, 0.25) is 5.67 Å². The summed E-state index contributed by atoms with van der Waals surface area (Å²) in [6, 6.07) is 0. The number of esters is 1. The first-order valence-electron chi connectivity index (χ1n) is 7.75. The molecule has 0 aromatic rings. The van der Waals surface area contributed by atoms with Crippen molar-refractivity contribution in [3.05, 3.63) is 0 Å². The fourth-order valence-corrected chi connectivity index (χ4v) is 1.65. The summed E-state index contributed by atoms with van der Waals surface area (Å²) in [5.74, 6) is -44.3. The minimum atomic E-state index is -7.67. The monoisotopic (exact) mass is 498 g/mol. The molecule has 0 aliphatic heterocycles. The molecule has 0 aliphatic rings. The number of carbonyl (C=O) groups is 1. The first-order valence-corrected chi connectivity index (χ1v) is 7.75. The highest BCUT2D eigenvalue weighted by Crippen LogP contribution is 2.57. The molecule has 17 heteroatoms. The van der Waals surface area contributed by atoms with Crippen LogP contribution in [0.4, 0.5) is 65.9 Å². The zero-order valence-electron chi connectivity index (χ0n) is 15.2. The molecule has 0 saturated heterocycles. The van der Waals surface area contributed by atoms with Crippen molar-refractivity contribution < 1.29 is 75.4 Å². The van der Waals surface area contributed by atoms with Crippen molar-refractivity contribution >= 4 is 5.97 Å². The lowest BCUT2D eigenvalue weighted by Gasteiger charge is -2.38. The van der Waals surface area contributed by atoms with Gasteiger partial charge in [-0.2, -0.15) is 52.7 Å². The van der Waals surface area contributed by atoms with Crippen LogP contribution in [0.1, 0.15) is 26.7 Å². The number of ether oxygens (including phenoxy) is 1.